The molecule has 0 saturated heterocycles. The van der Waals surface area contributed by atoms with E-state index < -0.39 is 0 Å². The van der Waals surface area contributed by atoms with E-state index in [2.05, 4.69) is 30.3 Å². The first-order valence-corrected chi connectivity index (χ1v) is 7.87. The first-order valence-electron chi connectivity index (χ1n) is 7.43. The van der Waals surface area contributed by atoms with Crippen LogP contribution in [0.25, 0.3) is 0 Å². The van der Waals surface area contributed by atoms with Crippen molar-refractivity contribution >= 4 is 11.6 Å². The van der Waals surface area contributed by atoms with Crippen molar-refractivity contribution in [3.8, 4) is 0 Å². The third-order valence-corrected chi connectivity index (χ3v) is 6.55. The Balaban J connectivity index is 1.65. The molecule has 1 heteroatoms. The highest BCUT2D eigenvalue weighted by molar-refractivity contribution is 6.21. The van der Waals surface area contributed by atoms with E-state index in [1.54, 1.807) is 0 Å². The van der Waals surface area contributed by atoms with Gasteiger partial charge < -0.3 is 0 Å². The molecule has 4 aliphatic carbocycles. The summed E-state index contributed by atoms with van der Waals surface area (Å²) in [6.07, 6.45) is 8.33. The molecule has 96 valence electrons. The maximum Gasteiger partial charge on any atom is 0.0424 e. The molecule has 4 aliphatic rings. The molecule has 0 nitrogen and oxygen atoms in total. The van der Waals surface area contributed by atoms with Gasteiger partial charge in [0.05, 0.1) is 0 Å². The lowest BCUT2D eigenvalue weighted by molar-refractivity contribution is -0.0471. The van der Waals surface area contributed by atoms with Gasteiger partial charge in [0.1, 0.15) is 0 Å². The molecule has 4 fully saturated rings. The van der Waals surface area contributed by atoms with Crippen LogP contribution < -0.4 is 0 Å². The molecule has 0 aliphatic heterocycles. The SMILES string of the molecule is ClC1C2CC3CC(C2)CC1(Cc1ccccc1)C3. The number of alkyl halides is 1. The van der Waals surface area contributed by atoms with Crippen molar-refractivity contribution < 1.29 is 0 Å². The van der Waals surface area contributed by atoms with Crippen molar-refractivity contribution in [2.75, 3.05) is 0 Å². The molecule has 1 aromatic rings. The van der Waals surface area contributed by atoms with E-state index >= 15 is 0 Å². The summed E-state index contributed by atoms with van der Waals surface area (Å²) in [4.78, 5) is 0. The second-order valence-corrected chi connectivity index (χ2v) is 7.50. The highest BCUT2D eigenvalue weighted by Crippen LogP contribution is 2.62. The van der Waals surface area contributed by atoms with Gasteiger partial charge in [0.2, 0.25) is 0 Å². The topological polar surface area (TPSA) is 0 Å². The summed E-state index contributed by atoms with van der Waals surface area (Å²) in [6.45, 7) is 0. The van der Waals surface area contributed by atoms with Gasteiger partial charge in [-0.2, -0.15) is 0 Å². The van der Waals surface area contributed by atoms with Gasteiger partial charge in [-0.3, -0.25) is 0 Å². The minimum Gasteiger partial charge on any atom is -0.122 e. The fourth-order valence-electron chi connectivity index (χ4n) is 5.39. The minimum absolute atomic E-state index is 0.428. The highest BCUT2D eigenvalue weighted by atomic mass is 35.5. The van der Waals surface area contributed by atoms with Crippen LogP contribution >= 0.6 is 11.6 Å². The molecule has 5 rings (SSSR count). The van der Waals surface area contributed by atoms with Gasteiger partial charge in [0.15, 0.2) is 0 Å². The number of hydrogen-bond acceptors (Lipinski definition) is 0. The third-order valence-electron chi connectivity index (χ3n) is 5.73. The Morgan fingerprint density at radius 1 is 1.00 bits per heavy atom. The zero-order chi connectivity index (χ0) is 12.2. The van der Waals surface area contributed by atoms with Crippen molar-refractivity contribution in [3.05, 3.63) is 35.9 Å². The van der Waals surface area contributed by atoms with Gasteiger partial charge in [0.25, 0.3) is 0 Å². The van der Waals surface area contributed by atoms with Gasteiger partial charge in [-0.05, 0) is 67.3 Å². The Kier molecular flexibility index (Phi) is 2.52. The summed E-state index contributed by atoms with van der Waals surface area (Å²) in [5, 5.41) is 0.436. The molecule has 4 saturated carbocycles. The quantitative estimate of drug-likeness (QED) is 0.679. The monoisotopic (exact) mass is 260 g/mol. The average molecular weight is 261 g/mol. The van der Waals surface area contributed by atoms with Crippen LogP contribution in [0, 0.1) is 23.2 Å². The van der Waals surface area contributed by atoms with Crippen LogP contribution in [0.4, 0.5) is 0 Å². The molecular formula is C17H21Cl. The van der Waals surface area contributed by atoms with Gasteiger partial charge in [-0.25, -0.2) is 0 Å². The summed E-state index contributed by atoms with van der Waals surface area (Å²) in [5.74, 6) is 2.80. The third kappa shape index (κ3) is 1.65. The summed E-state index contributed by atoms with van der Waals surface area (Å²) in [6, 6.07) is 11.0. The van der Waals surface area contributed by atoms with Crippen LogP contribution in [0.1, 0.15) is 37.7 Å². The summed E-state index contributed by atoms with van der Waals surface area (Å²) in [7, 11) is 0. The van der Waals surface area contributed by atoms with Crippen LogP contribution in [0.3, 0.4) is 0 Å². The largest absolute Gasteiger partial charge is 0.122 e. The lowest BCUT2D eigenvalue weighted by atomic mass is 9.48. The van der Waals surface area contributed by atoms with E-state index in [1.165, 1.54) is 44.1 Å². The number of hydrogen-bond donors (Lipinski definition) is 0. The van der Waals surface area contributed by atoms with Crippen molar-refractivity contribution in [2.45, 2.75) is 43.9 Å². The zero-order valence-electron chi connectivity index (χ0n) is 10.8. The molecule has 0 radical (unpaired) electrons. The molecule has 0 amide bonds. The molecule has 0 spiro atoms. The van der Waals surface area contributed by atoms with Crippen molar-refractivity contribution in [2.24, 2.45) is 23.2 Å². The van der Waals surface area contributed by atoms with Gasteiger partial charge in [0, 0.05) is 5.38 Å². The lowest BCUT2D eigenvalue weighted by Gasteiger charge is -2.59. The van der Waals surface area contributed by atoms with Gasteiger partial charge in [-0.15, -0.1) is 11.6 Å². The summed E-state index contributed by atoms with van der Waals surface area (Å²) in [5.41, 5.74) is 1.92. The first-order chi connectivity index (χ1) is 8.75. The van der Waals surface area contributed by atoms with Crippen LogP contribution in [-0.4, -0.2) is 5.38 Å². The Morgan fingerprint density at radius 2 is 1.67 bits per heavy atom. The fraction of sp³-hybridized carbons (Fsp3) is 0.647. The predicted molar refractivity (Wildman–Crippen MR) is 75.8 cm³/mol. The van der Waals surface area contributed by atoms with E-state index in [0.29, 0.717) is 10.8 Å². The molecule has 4 bridgehead atoms. The van der Waals surface area contributed by atoms with E-state index in [1.807, 2.05) is 0 Å². The van der Waals surface area contributed by atoms with Crippen LogP contribution in [0.15, 0.2) is 30.3 Å². The molecule has 3 unspecified atom stereocenters. The Labute approximate surface area is 115 Å². The molecular weight excluding hydrogens is 240 g/mol. The molecule has 0 heterocycles. The molecule has 3 atom stereocenters. The summed E-state index contributed by atoms with van der Waals surface area (Å²) < 4.78 is 0. The van der Waals surface area contributed by atoms with E-state index in [9.17, 15) is 0 Å². The number of benzene rings is 1. The maximum absolute atomic E-state index is 6.88. The zero-order valence-corrected chi connectivity index (χ0v) is 11.6. The van der Waals surface area contributed by atoms with Crippen LogP contribution in [0.2, 0.25) is 0 Å². The van der Waals surface area contributed by atoms with E-state index in [4.69, 9.17) is 11.6 Å². The number of halogens is 1. The number of rotatable bonds is 2. The fourth-order valence-corrected chi connectivity index (χ4v) is 5.85. The Morgan fingerprint density at radius 3 is 2.33 bits per heavy atom. The molecule has 0 aromatic heterocycles. The van der Waals surface area contributed by atoms with Crippen LogP contribution in [0.5, 0.6) is 0 Å². The summed E-state index contributed by atoms with van der Waals surface area (Å²) >= 11 is 6.88. The Bertz CT molecular complexity index is 424. The second kappa shape index (κ2) is 4.00. The highest BCUT2D eigenvalue weighted by Gasteiger charge is 2.56. The second-order valence-electron chi connectivity index (χ2n) is 7.03. The lowest BCUT2D eigenvalue weighted by Crippen LogP contribution is -2.54. The molecule has 0 N–H and O–H groups in total. The van der Waals surface area contributed by atoms with Gasteiger partial charge >= 0.3 is 0 Å². The van der Waals surface area contributed by atoms with E-state index in [-0.39, 0.29) is 0 Å². The molecule has 1 aromatic carbocycles. The minimum atomic E-state index is 0.428. The normalized spacial score (nSPS) is 45.4. The first kappa shape index (κ1) is 11.3. The maximum atomic E-state index is 6.88. The van der Waals surface area contributed by atoms with Crippen LogP contribution in [-0.2, 0) is 6.42 Å². The average Bonchev–Trinajstić information content (AvgIpc) is 2.36. The molecule has 18 heavy (non-hydrogen) atoms. The van der Waals surface area contributed by atoms with Crippen molar-refractivity contribution in [3.63, 3.8) is 0 Å². The Hall–Kier alpha value is -0.490. The standard InChI is InChI=1S/C17H21Cl/c18-16-15-7-13-6-14(8-15)11-17(16,10-13)9-12-4-2-1-3-5-12/h1-5,13-16H,6-11H2. The van der Waals surface area contributed by atoms with Crippen molar-refractivity contribution in [1.82, 2.24) is 0 Å². The van der Waals surface area contributed by atoms with Crippen molar-refractivity contribution in [1.29, 1.82) is 0 Å². The van der Waals surface area contributed by atoms with E-state index in [0.717, 1.165) is 17.8 Å². The van der Waals surface area contributed by atoms with Gasteiger partial charge in [-0.1, -0.05) is 30.3 Å². The smallest absolute Gasteiger partial charge is 0.0424 e. The predicted octanol–water partition coefficient (Wildman–Crippen LogP) is 4.66.